The summed E-state index contributed by atoms with van der Waals surface area (Å²) in [7, 11) is 3.70. The Morgan fingerprint density at radius 2 is 2.08 bits per heavy atom. The van der Waals surface area contributed by atoms with Gasteiger partial charge in [-0.2, -0.15) is 5.10 Å². The highest BCUT2D eigenvalue weighted by molar-refractivity contribution is 7.80. The third-order valence-electron chi connectivity index (χ3n) is 3.39. The van der Waals surface area contributed by atoms with E-state index in [1.165, 1.54) is 0 Å². The summed E-state index contributed by atoms with van der Waals surface area (Å²) in [5.74, 6) is -0.338. The molecule has 1 aromatic carbocycles. The minimum absolute atomic E-state index is 0.338. The third-order valence-corrected chi connectivity index (χ3v) is 4.12. The third kappa shape index (κ3) is 4.46. The number of nitrogens with zero attached hydrogens (tertiary/aromatic N) is 3. The van der Waals surface area contributed by atoms with Crippen LogP contribution in [0.25, 0.3) is 0 Å². The topological polar surface area (TPSA) is 59.4 Å². The van der Waals surface area contributed by atoms with Crippen LogP contribution in [0.2, 0.25) is 5.02 Å². The molecule has 1 N–H and O–H groups in total. The molecule has 0 saturated carbocycles. The van der Waals surface area contributed by atoms with Crippen LogP contribution in [-0.4, -0.2) is 39.4 Å². The highest BCUT2D eigenvalue weighted by atomic mass is 35.5. The van der Waals surface area contributed by atoms with Crippen LogP contribution in [0.4, 0.5) is 5.69 Å². The highest BCUT2D eigenvalue weighted by Gasteiger charge is 2.12. The second-order valence-corrected chi connectivity index (χ2v) is 5.94. The lowest BCUT2D eigenvalue weighted by Crippen LogP contribution is -2.31. The Hall–Kier alpha value is -2.12. The Morgan fingerprint density at radius 1 is 1.42 bits per heavy atom. The molecule has 6 nitrogen and oxygen atoms in total. The van der Waals surface area contributed by atoms with Crippen molar-refractivity contribution < 1.29 is 9.53 Å². The molecule has 0 fully saturated rings. The van der Waals surface area contributed by atoms with Crippen LogP contribution in [0.1, 0.15) is 23.0 Å². The lowest BCUT2D eigenvalue weighted by molar-refractivity contribution is 0.0526. The molecule has 0 radical (unpaired) electrons. The number of halogens is 1. The van der Waals surface area contributed by atoms with Crippen LogP contribution in [0.3, 0.4) is 0 Å². The number of aromatic nitrogens is 2. The van der Waals surface area contributed by atoms with Crippen molar-refractivity contribution in [2.45, 2.75) is 13.5 Å². The van der Waals surface area contributed by atoms with Crippen molar-refractivity contribution in [3.05, 3.63) is 46.7 Å². The molecule has 24 heavy (non-hydrogen) atoms. The molecule has 0 unspecified atom stereocenters. The van der Waals surface area contributed by atoms with E-state index in [4.69, 9.17) is 28.6 Å². The summed E-state index contributed by atoms with van der Waals surface area (Å²) in [4.78, 5) is 13.5. The number of nitrogens with one attached hydrogen (secondary N) is 1. The minimum atomic E-state index is -0.338. The largest absolute Gasteiger partial charge is 0.462 e. The lowest BCUT2D eigenvalue weighted by atomic mass is 10.2. The maximum atomic E-state index is 11.6. The van der Waals surface area contributed by atoms with Gasteiger partial charge in [0.2, 0.25) is 0 Å². The first-order valence-electron chi connectivity index (χ1n) is 7.38. The van der Waals surface area contributed by atoms with Gasteiger partial charge in [0, 0.05) is 19.8 Å². The number of carbonyl (C=O) groups excluding carboxylic acids is 1. The Bertz CT molecular complexity index is 711. The summed E-state index contributed by atoms with van der Waals surface area (Å²) in [5, 5.41) is 8.37. The smallest absolute Gasteiger partial charge is 0.338 e. The number of ether oxygens (including phenoxy) is 1. The van der Waals surface area contributed by atoms with Gasteiger partial charge < -0.3 is 15.0 Å². The van der Waals surface area contributed by atoms with Gasteiger partial charge in [0.05, 0.1) is 35.6 Å². The zero-order chi connectivity index (χ0) is 17.7. The van der Waals surface area contributed by atoms with Crippen LogP contribution in [0, 0.1) is 0 Å². The average Bonchev–Trinajstić information content (AvgIpc) is 2.87. The van der Waals surface area contributed by atoms with E-state index in [1.54, 1.807) is 42.1 Å². The van der Waals surface area contributed by atoms with Crippen molar-refractivity contribution in [3.8, 4) is 0 Å². The van der Waals surface area contributed by atoms with Crippen LogP contribution >= 0.6 is 23.8 Å². The van der Waals surface area contributed by atoms with Gasteiger partial charge in [0.1, 0.15) is 0 Å². The molecular formula is C16H19ClN4O2S. The zero-order valence-corrected chi connectivity index (χ0v) is 15.3. The first-order valence-corrected chi connectivity index (χ1v) is 8.16. The summed E-state index contributed by atoms with van der Waals surface area (Å²) in [6, 6.07) is 6.95. The van der Waals surface area contributed by atoms with Crippen molar-refractivity contribution in [3.63, 3.8) is 0 Å². The summed E-state index contributed by atoms with van der Waals surface area (Å²) in [6.45, 7) is 2.66. The van der Waals surface area contributed by atoms with Crippen molar-refractivity contribution in [1.82, 2.24) is 14.7 Å². The van der Waals surface area contributed by atoms with E-state index in [-0.39, 0.29) is 5.97 Å². The van der Waals surface area contributed by atoms with E-state index >= 15 is 0 Å². The number of hydrogen-bond acceptors (Lipinski definition) is 4. The van der Waals surface area contributed by atoms with E-state index in [9.17, 15) is 4.79 Å². The van der Waals surface area contributed by atoms with Crippen LogP contribution in [0.15, 0.2) is 30.5 Å². The first-order chi connectivity index (χ1) is 11.4. The number of carbonyl (C=O) groups is 1. The van der Waals surface area contributed by atoms with Gasteiger partial charge in [0.15, 0.2) is 5.11 Å². The van der Waals surface area contributed by atoms with Crippen molar-refractivity contribution in [2.24, 2.45) is 7.05 Å². The Kier molecular flexibility index (Phi) is 6.16. The molecule has 128 valence electrons. The first kappa shape index (κ1) is 18.2. The molecule has 1 heterocycles. The fourth-order valence-corrected chi connectivity index (χ4v) is 2.44. The van der Waals surface area contributed by atoms with Gasteiger partial charge >= 0.3 is 5.97 Å². The molecule has 8 heteroatoms. The SMILES string of the molecule is CCOC(=O)c1ccc(NC(=S)N(C)Cc2c(Cl)cnn2C)cc1. The average molecular weight is 367 g/mol. The molecule has 2 rings (SSSR count). The lowest BCUT2D eigenvalue weighted by Gasteiger charge is -2.21. The highest BCUT2D eigenvalue weighted by Crippen LogP contribution is 2.17. The number of hydrogen-bond donors (Lipinski definition) is 1. The van der Waals surface area contributed by atoms with Gasteiger partial charge in [-0.15, -0.1) is 0 Å². The molecule has 0 spiro atoms. The number of aryl methyl sites for hydroxylation is 1. The van der Waals surface area contributed by atoms with Gasteiger partial charge in [-0.05, 0) is 43.4 Å². The minimum Gasteiger partial charge on any atom is -0.462 e. The molecule has 0 amide bonds. The molecule has 0 bridgehead atoms. The van der Waals surface area contributed by atoms with E-state index in [0.29, 0.717) is 28.9 Å². The molecule has 0 aliphatic heterocycles. The van der Waals surface area contributed by atoms with Crippen molar-refractivity contribution in [1.29, 1.82) is 0 Å². The number of benzene rings is 1. The number of rotatable bonds is 5. The molecule has 0 aliphatic carbocycles. The van der Waals surface area contributed by atoms with Crippen LogP contribution < -0.4 is 5.32 Å². The molecule has 0 aliphatic rings. The second-order valence-electron chi connectivity index (χ2n) is 5.15. The van der Waals surface area contributed by atoms with E-state index in [2.05, 4.69) is 10.4 Å². The summed E-state index contributed by atoms with van der Waals surface area (Å²) in [6.07, 6.45) is 1.61. The second kappa shape index (κ2) is 8.12. The van der Waals surface area contributed by atoms with E-state index in [1.807, 2.05) is 19.0 Å². The Labute approximate surface area is 151 Å². The normalized spacial score (nSPS) is 10.3. The number of anilines is 1. The van der Waals surface area contributed by atoms with Gasteiger partial charge in [-0.3, -0.25) is 4.68 Å². The standard InChI is InChI=1S/C16H19ClN4O2S/c1-4-23-15(22)11-5-7-12(8-6-11)19-16(24)20(2)10-14-13(17)9-18-21(14)3/h5-9H,4,10H2,1-3H3,(H,19,24). The van der Waals surface area contributed by atoms with Gasteiger partial charge in [-0.25, -0.2) is 4.79 Å². The van der Waals surface area contributed by atoms with Gasteiger partial charge in [0.25, 0.3) is 0 Å². The molecule has 0 saturated heterocycles. The van der Waals surface area contributed by atoms with Crippen molar-refractivity contribution >= 4 is 40.6 Å². The molecule has 2 aromatic rings. The maximum absolute atomic E-state index is 11.6. The van der Waals surface area contributed by atoms with Crippen LogP contribution in [0.5, 0.6) is 0 Å². The summed E-state index contributed by atoms with van der Waals surface area (Å²) >= 11 is 11.5. The quantitative estimate of drug-likeness (QED) is 0.648. The van der Waals surface area contributed by atoms with Crippen LogP contribution in [-0.2, 0) is 18.3 Å². The number of esters is 1. The summed E-state index contributed by atoms with van der Waals surface area (Å²) in [5.41, 5.74) is 2.17. The fraction of sp³-hybridized carbons (Fsp3) is 0.312. The molecular weight excluding hydrogens is 348 g/mol. The fourth-order valence-electron chi connectivity index (χ4n) is 2.03. The predicted octanol–water partition coefficient (Wildman–Crippen LogP) is 3.08. The molecule has 0 atom stereocenters. The Balaban J connectivity index is 1.97. The van der Waals surface area contributed by atoms with Crippen molar-refractivity contribution in [2.75, 3.05) is 19.0 Å². The summed E-state index contributed by atoms with van der Waals surface area (Å²) < 4.78 is 6.67. The monoisotopic (exact) mass is 366 g/mol. The van der Waals surface area contributed by atoms with E-state index < -0.39 is 0 Å². The van der Waals surface area contributed by atoms with E-state index in [0.717, 1.165) is 11.4 Å². The zero-order valence-electron chi connectivity index (χ0n) is 13.7. The Morgan fingerprint density at radius 3 is 2.62 bits per heavy atom. The molecule has 1 aromatic heterocycles. The van der Waals surface area contributed by atoms with Gasteiger partial charge in [-0.1, -0.05) is 11.6 Å². The maximum Gasteiger partial charge on any atom is 0.338 e. The number of thiocarbonyl (C=S) groups is 1. The predicted molar refractivity (Wildman–Crippen MR) is 98.3 cm³/mol.